The molecule has 0 aromatic heterocycles. The summed E-state index contributed by atoms with van der Waals surface area (Å²) in [5.41, 5.74) is 0. The molecule has 15 heavy (non-hydrogen) atoms. The van der Waals surface area contributed by atoms with Crippen LogP contribution in [0.1, 0.15) is 76.7 Å². The number of rotatable bonds is 0. The van der Waals surface area contributed by atoms with Gasteiger partial charge in [-0.25, -0.2) is 0 Å². The van der Waals surface area contributed by atoms with E-state index in [4.69, 9.17) is 0 Å². The van der Waals surface area contributed by atoms with Crippen LogP contribution in [0.5, 0.6) is 0 Å². The van der Waals surface area contributed by atoms with Crippen molar-refractivity contribution in [1.29, 1.82) is 0 Å². The Hall–Kier alpha value is 0.130. The summed E-state index contributed by atoms with van der Waals surface area (Å²) in [6.07, 6.45) is 0. The minimum absolute atomic E-state index is 0. The average Bonchev–Trinajstić information content (AvgIpc) is 2.45. The van der Waals surface area contributed by atoms with Gasteiger partial charge in [-0.15, -0.1) is 0 Å². The second-order valence-electron chi connectivity index (χ2n) is 0. The standard InChI is InChI=1S/5C2H6.2CH3B.CH4/c7*1-2;/h5*1-2H3;2*1H3;1H4. The molecule has 0 aliphatic rings. The maximum absolute atomic E-state index is 4.50. The largest absolute Gasteiger partial charge is 0.0999 e. The molecule has 0 bridgehead atoms. The van der Waals surface area contributed by atoms with E-state index in [0.717, 1.165) is 0 Å². The molecule has 0 heterocycles. The average molecular weight is 218 g/mol. The third kappa shape index (κ3) is 123000. The first kappa shape index (κ1) is 59.4. The second kappa shape index (κ2) is 144000. The molecule has 0 fully saturated rings. The zero-order valence-electron chi connectivity index (χ0n) is 13.2. The van der Waals surface area contributed by atoms with E-state index < -0.39 is 0 Å². The van der Waals surface area contributed by atoms with Crippen molar-refractivity contribution in [3.63, 3.8) is 0 Å². The van der Waals surface area contributed by atoms with Gasteiger partial charge in [0.1, 0.15) is 0 Å². The van der Waals surface area contributed by atoms with Gasteiger partial charge in [-0.2, -0.15) is 0 Å². The van der Waals surface area contributed by atoms with Crippen LogP contribution < -0.4 is 0 Å². The maximum Gasteiger partial charge on any atom is 0.0606 e. The minimum Gasteiger partial charge on any atom is -0.0999 e. The molecule has 0 aromatic carbocycles. The zero-order chi connectivity index (χ0) is 14.0. The molecule has 0 aromatic rings. The van der Waals surface area contributed by atoms with E-state index in [-0.39, 0.29) is 7.43 Å². The molecular formula is C13H40B2. The Labute approximate surface area is 106 Å². The highest BCUT2D eigenvalue weighted by Gasteiger charge is 0.986. The summed E-state index contributed by atoms with van der Waals surface area (Å²) in [5, 5.41) is 0. The Morgan fingerprint density at radius 1 is 0.333 bits per heavy atom. The summed E-state index contributed by atoms with van der Waals surface area (Å²) in [4.78, 5) is 0. The third-order valence-electron chi connectivity index (χ3n) is 0. The van der Waals surface area contributed by atoms with Crippen LogP contribution in [0.15, 0.2) is 0 Å². The molecule has 0 atom stereocenters. The van der Waals surface area contributed by atoms with Crippen molar-refractivity contribution >= 4 is 15.7 Å². The third-order valence-corrected chi connectivity index (χ3v) is 0. The highest BCUT2D eigenvalue weighted by molar-refractivity contribution is 6.05. The van der Waals surface area contributed by atoms with Gasteiger partial charge in [0.25, 0.3) is 0 Å². The fourth-order valence-electron chi connectivity index (χ4n) is 0. The Bertz CT molecular complexity index is 8.50. The van der Waals surface area contributed by atoms with E-state index >= 15 is 0 Å². The highest BCUT2D eigenvalue weighted by Crippen LogP contribution is 1.15. The Kier molecular flexibility index (Phi) is 572000. The van der Waals surface area contributed by atoms with Gasteiger partial charge in [0.2, 0.25) is 0 Å². The van der Waals surface area contributed by atoms with Gasteiger partial charge in [-0.1, -0.05) is 90.3 Å². The van der Waals surface area contributed by atoms with Gasteiger partial charge < -0.3 is 0 Å². The molecule has 0 aliphatic heterocycles. The first-order chi connectivity index (χ1) is 7.00. The summed E-state index contributed by atoms with van der Waals surface area (Å²) < 4.78 is 0. The van der Waals surface area contributed by atoms with Crippen LogP contribution in [-0.4, -0.2) is 15.7 Å². The fourth-order valence-corrected chi connectivity index (χ4v) is 0. The molecule has 2 heteroatoms. The van der Waals surface area contributed by atoms with Crippen molar-refractivity contribution in [2.24, 2.45) is 0 Å². The quantitative estimate of drug-likeness (QED) is 0.426. The first-order valence-corrected chi connectivity index (χ1v) is 6.15. The van der Waals surface area contributed by atoms with Gasteiger partial charge in [-0.05, 0) is 0 Å². The SMILES string of the molecule is C.CC.CC.CC.CC.CC.[B]C.[B]C. The van der Waals surface area contributed by atoms with E-state index in [1.165, 1.54) is 13.6 Å². The molecule has 0 amide bonds. The second-order valence-corrected chi connectivity index (χ2v) is 0. The molecule has 98 valence electrons. The molecule has 0 saturated carbocycles. The lowest BCUT2D eigenvalue weighted by molar-refractivity contribution is 1.50. The van der Waals surface area contributed by atoms with E-state index in [1.54, 1.807) is 0 Å². The van der Waals surface area contributed by atoms with Gasteiger partial charge >= 0.3 is 0 Å². The van der Waals surface area contributed by atoms with Crippen molar-refractivity contribution < 1.29 is 0 Å². The van der Waals surface area contributed by atoms with Crippen LogP contribution >= 0.6 is 0 Å². The summed E-state index contributed by atoms with van der Waals surface area (Å²) in [6.45, 7) is 23.0. The molecule has 0 unspecified atom stereocenters. The molecule has 4 radical (unpaired) electrons. The molecule has 0 rings (SSSR count). The van der Waals surface area contributed by atoms with Crippen LogP contribution in [0.4, 0.5) is 0 Å². The Morgan fingerprint density at radius 3 is 0.333 bits per heavy atom. The Morgan fingerprint density at radius 2 is 0.333 bits per heavy atom. The number of hydrogen-bond donors (Lipinski definition) is 0. The van der Waals surface area contributed by atoms with Crippen LogP contribution in [0.25, 0.3) is 0 Å². The normalized spacial score (nSPS) is 2.67. The van der Waals surface area contributed by atoms with Gasteiger partial charge in [0.05, 0.1) is 15.7 Å². The summed E-state index contributed by atoms with van der Waals surface area (Å²) in [7, 11) is 9.00. The predicted molar refractivity (Wildman–Crippen MR) is 86.7 cm³/mol. The Balaban J connectivity index is -0.00000000628. The molecule has 0 saturated heterocycles. The van der Waals surface area contributed by atoms with Crippen molar-refractivity contribution in [1.82, 2.24) is 0 Å². The molecule has 0 N–H and O–H groups in total. The lowest BCUT2D eigenvalue weighted by Gasteiger charge is -1.07. The highest BCUT2D eigenvalue weighted by atomic mass is 13.0. The van der Waals surface area contributed by atoms with Crippen LogP contribution in [0.2, 0.25) is 13.6 Å². The van der Waals surface area contributed by atoms with Gasteiger partial charge in [-0.3, -0.25) is 0 Å². The lowest BCUT2D eigenvalue weighted by Crippen LogP contribution is -1.13. The van der Waals surface area contributed by atoms with E-state index in [1.807, 2.05) is 69.2 Å². The van der Waals surface area contributed by atoms with Crippen molar-refractivity contribution in [2.45, 2.75) is 90.3 Å². The summed E-state index contributed by atoms with van der Waals surface area (Å²) >= 11 is 0. The summed E-state index contributed by atoms with van der Waals surface area (Å²) in [5.74, 6) is 0. The topological polar surface area (TPSA) is 0 Å². The van der Waals surface area contributed by atoms with Crippen LogP contribution in [0.3, 0.4) is 0 Å². The predicted octanol–water partition coefficient (Wildman–Crippen LogP) is 6.17. The van der Waals surface area contributed by atoms with Crippen molar-refractivity contribution in [3.8, 4) is 0 Å². The van der Waals surface area contributed by atoms with E-state index in [9.17, 15) is 0 Å². The first-order valence-electron chi connectivity index (χ1n) is 6.15. The van der Waals surface area contributed by atoms with Gasteiger partial charge in [0.15, 0.2) is 0 Å². The van der Waals surface area contributed by atoms with Crippen molar-refractivity contribution in [3.05, 3.63) is 0 Å². The monoisotopic (exact) mass is 218 g/mol. The minimum atomic E-state index is 0. The number of hydrogen-bond acceptors (Lipinski definition) is 0. The lowest BCUT2D eigenvalue weighted by atomic mass is 10.2. The molecule has 0 spiro atoms. The van der Waals surface area contributed by atoms with Crippen molar-refractivity contribution in [2.75, 3.05) is 0 Å². The van der Waals surface area contributed by atoms with E-state index in [0.29, 0.717) is 0 Å². The molecule has 0 aliphatic carbocycles. The van der Waals surface area contributed by atoms with Crippen LogP contribution in [0, 0.1) is 0 Å². The molecule has 0 nitrogen and oxygen atoms in total. The maximum atomic E-state index is 4.50. The smallest absolute Gasteiger partial charge is 0.0606 e. The zero-order valence-corrected chi connectivity index (χ0v) is 13.2. The van der Waals surface area contributed by atoms with E-state index in [2.05, 4.69) is 15.7 Å². The molecular weight excluding hydrogens is 178 g/mol. The van der Waals surface area contributed by atoms with Crippen LogP contribution in [-0.2, 0) is 0 Å². The van der Waals surface area contributed by atoms with Gasteiger partial charge in [0, 0.05) is 0 Å². The fraction of sp³-hybridized carbons (Fsp3) is 1.00. The summed E-state index contributed by atoms with van der Waals surface area (Å²) in [6, 6.07) is 0.